The number of nitriles is 1. The molecule has 132 valence electrons. The molecule has 0 radical (unpaired) electrons. The second-order valence-electron chi connectivity index (χ2n) is 5.80. The van der Waals surface area contributed by atoms with Crippen molar-refractivity contribution in [1.29, 1.82) is 5.26 Å². The normalized spacial score (nSPS) is 13.5. The summed E-state index contributed by atoms with van der Waals surface area (Å²) in [4.78, 5) is 11.4. The number of rotatable bonds is 3. The average Bonchev–Trinajstić information content (AvgIpc) is 3.44. The molecule has 2 N–H and O–H groups in total. The zero-order chi connectivity index (χ0) is 17.9. The van der Waals surface area contributed by atoms with Crippen molar-refractivity contribution in [1.82, 2.24) is 25.1 Å². The summed E-state index contributed by atoms with van der Waals surface area (Å²) in [6.07, 6.45) is 14.4. The fraction of sp³-hybridized carbons (Fsp3) is 0.474. The molecular formula is C19H26N6. The molecule has 0 aliphatic heterocycles. The molecule has 3 aromatic rings. The van der Waals surface area contributed by atoms with Crippen molar-refractivity contribution in [2.75, 3.05) is 0 Å². The minimum absolute atomic E-state index is 0.769. The molecule has 0 aromatic carbocycles. The highest BCUT2D eigenvalue weighted by molar-refractivity contribution is 5.89. The lowest BCUT2D eigenvalue weighted by Crippen LogP contribution is -1.90. The molecule has 1 saturated carbocycles. The summed E-state index contributed by atoms with van der Waals surface area (Å²) in [6, 6.07) is 4.15. The first-order valence-corrected chi connectivity index (χ1v) is 9.02. The number of hydrogen-bond acceptors (Lipinski definition) is 4. The Bertz CT molecular complexity index is 763. The third-order valence-corrected chi connectivity index (χ3v) is 4.26. The molecule has 1 aliphatic rings. The van der Waals surface area contributed by atoms with Gasteiger partial charge in [0.25, 0.3) is 0 Å². The van der Waals surface area contributed by atoms with Gasteiger partial charge in [0, 0.05) is 29.8 Å². The molecule has 25 heavy (non-hydrogen) atoms. The highest BCUT2D eigenvalue weighted by Gasteiger charge is 2.13. The van der Waals surface area contributed by atoms with Gasteiger partial charge in [0.2, 0.25) is 0 Å². The quantitative estimate of drug-likeness (QED) is 0.713. The van der Waals surface area contributed by atoms with Crippen LogP contribution in [0.25, 0.3) is 22.3 Å². The standard InChI is InChI=1S/C9H7N5.C8H13N.C2H6/c1-2-10-9-7(1)8(11-5-12-9)6-3-13-14-4-6;9-7-3-6-8-4-1-2-5-8;1-2/h1-5H,(H,13,14)(H,10,11,12);8H,1-6H2;1-2H3. The Balaban J connectivity index is 0.000000179. The Morgan fingerprint density at radius 3 is 2.72 bits per heavy atom. The molecule has 0 spiro atoms. The lowest BCUT2D eigenvalue weighted by atomic mass is 10.0. The monoisotopic (exact) mass is 338 g/mol. The van der Waals surface area contributed by atoms with Gasteiger partial charge < -0.3 is 4.98 Å². The first-order valence-electron chi connectivity index (χ1n) is 9.02. The first kappa shape index (κ1) is 18.7. The lowest BCUT2D eigenvalue weighted by molar-refractivity contribution is 0.511. The van der Waals surface area contributed by atoms with Crippen LogP contribution in [0.5, 0.6) is 0 Å². The Morgan fingerprint density at radius 2 is 2.04 bits per heavy atom. The Morgan fingerprint density at radius 1 is 1.24 bits per heavy atom. The van der Waals surface area contributed by atoms with E-state index in [1.165, 1.54) is 25.7 Å². The number of aromatic amines is 2. The van der Waals surface area contributed by atoms with Crippen molar-refractivity contribution in [3.8, 4) is 17.3 Å². The SMILES string of the molecule is CC.N#CCCC1CCCC1.c1nc(-c2cn[nH]c2)c2cc[nH]c2n1. The van der Waals surface area contributed by atoms with Crippen molar-refractivity contribution >= 4 is 11.0 Å². The van der Waals surface area contributed by atoms with Crippen LogP contribution in [-0.2, 0) is 0 Å². The number of nitrogens with one attached hydrogen (secondary N) is 2. The van der Waals surface area contributed by atoms with E-state index >= 15 is 0 Å². The summed E-state index contributed by atoms with van der Waals surface area (Å²) in [5.74, 6) is 0.893. The molecule has 4 rings (SSSR count). The van der Waals surface area contributed by atoms with Crippen molar-refractivity contribution in [3.63, 3.8) is 0 Å². The number of aromatic nitrogens is 5. The molecular weight excluding hydrogens is 312 g/mol. The van der Waals surface area contributed by atoms with Gasteiger partial charge in [-0.1, -0.05) is 39.5 Å². The second-order valence-corrected chi connectivity index (χ2v) is 5.80. The number of fused-ring (bicyclic) bond motifs is 1. The van der Waals surface area contributed by atoms with Crippen LogP contribution >= 0.6 is 0 Å². The molecule has 1 fully saturated rings. The van der Waals surface area contributed by atoms with E-state index in [0.717, 1.165) is 41.1 Å². The maximum atomic E-state index is 8.28. The van der Waals surface area contributed by atoms with E-state index in [0.29, 0.717) is 0 Å². The van der Waals surface area contributed by atoms with E-state index in [4.69, 9.17) is 5.26 Å². The second kappa shape index (κ2) is 10.2. The minimum atomic E-state index is 0.769. The Labute approximate surface area is 148 Å². The molecule has 0 unspecified atom stereocenters. The fourth-order valence-corrected chi connectivity index (χ4v) is 3.05. The van der Waals surface area contributed by atoms with E-state index in [1.54, 1.807) is 12.5 Å². The van der Waals surface area contributed by atoms with Gasteiger partial charge in [0.05, 0.1) is 18.0 Å². The van der Waals surface area contributed by atoms with Gasteiger partial charge in [-0.25, -0.2) is 9.97 Å². The van der Waals surface area contributed by atoms with Gasteiger partial charge in [0.15, 0.2) is 0 Å². The maximum Gasteiger partial charge on any atom is 0.141 e. The third-order valence-electron chi connectivity index (χ3n) is 4.26. The van der Waals surface area contributed by atoms with Crippen LogP contribution in [0.1, 0.15) is 52.4 Å². The van der Waals surface area contributed by atoms with Gasteiger partial charge in [-0.05, 0) is 18.4 Å². The van der Waals surface area contributed by atoms with E-state index in [2.05, 4.69) is 31.2 Å². The Hall–Kier alpha value is -2.68. The predicted octanol–water partition coefficient (Wildman–Crippen LogP) is 4.85. The van der Waals surface area contributed by atoms with E-state index in [9.17, 15) is 0 Å². The molecule has 0 bridgehead atoms. The van der Waals surface area contributed by atoms with E-state index < -0.39 is 0 Å². The van der Waals surface area contributed by atoms with Gasteiger partial charge in [-0.15, -0.1) is 0 Å². The molecule has 0 atom stereocenters. The number of H-pyrrole nitrogens is 2. The minimum Gasteiger partial charge on any atom is -0.346 e. The van der Waals surface area contributed by atoms with Crippen LogP contribution < -0.4 is 0 Å². The summed E-state index contributed by atoms with van der Waals surface area (Å²) >= 11 is 0. The van der Waals surface area contributed by atoms with Crippen molar-refractivity contribution in [3.05, 3.63) is 31.0 Å². The molecule has 0 saturated heterocycles. The first-order chi connectivity index (χ1) is 12.4. The van der Waals surface area contributed by atoms with Crippen LogP contribution in [0.15, 0.2) is 31.0 Å². The highest BCUT2D eigenvalue weighted by atomic mass is 15.1. The number of nitrogens with zero attached hydrogens (tertiary/aromatic N) is 4. The summed E-state index contributed by atoms with van der Waals surface area (Å²) < 4.78 is 0. The smallest absolute Gasteiger partial charge is 0.141 e. The topological polar surface area (TPSA) is 94.0 Å². The van der Waals surface area contributed by atoms with Gasteiger partial charge in [-0.3, -0.25) is 5.10 Å². The largest absolute Gasteiger partial charge is 0.346 e. The predicted molar refractivity (Wildman–Crippen MR) is 99.6 cm³/mol. The zero-order valence-corrected chi connectivity index (χ0v) is 15.0. The highest BCUT2D eigenvalue weighted by Crippen LogP contribution is 2.28. The van der Waals surface area contributed by atoms with Crippen molar-refractivity contribution < 1.29 is 0 Å². The fourth-order valence-electron chi connectivity index (χ4n) is 3.05. The van der Waals surface area contributed by atoms with Crippen molar-refractivity contribution in [2.45, 2.75) is 52.4 Å². The molecule has 6 heteroatoms. The van der Waals surface area contributed by atoms with E-state index in [-0.39, 0.29) is 0 Å². The molecule has 3 heterocycles. The zero-order valence-electron chi connectivity index (χ0n) is 15.0. The maximum absolute atomic E-state index is 8.28. The Kier molecular flexibility index (Phi) is 7.64. The van der Waals surface area contributed by atoms with Gasteiger partial charge >= 0.3 is 0 Å². The van der Waals surface area contributed by atoms with Crippen molar-refractivity contribution in [2.24, 2.45) is 5.92 Å². The summed E-state index contributed by atoms with van der Waals surface area (Å²) in [6.45, 7) is 4.00. The number of hydrogen-bond donors (Lipinski definition) is 2. The van der Waals surface area contributed by atoms with Crippen LogP contribution in [0.4, 0.5) is 0 Å². The summed E-state index contributed by atoms with van der Waals surface area (Å²) in [5.41, 5.74) is 2.71. The average molecular weight is 338 g/mol. The molecule has 6 nitrogen and oxygen atoms in total. The van der Waals surface area contributed by atoms with Gasteiger partial charge in [0.1, 0.15) is 12.0 Å². The third kappa shape index (κ3) is 5.15. The molecule has 1 aliphatic carbocycles. The van der Waals surface area contributed by atoms with Crippen LogP contribution in [-0.4, -0.2) is 25.1 Å². The molecule has 0 amide bonds. The lowest BCUT2D eigenvalue weighted by Gasteiger charge is -2.02. The summed E-state index contributed by atoms with van der Waals surface area (Å²) in [7, 11) is 0. The van der Waals surface area contributed by atoms with Crippen LogP contribution in [0.2, 0.25) is 0 Å². The van der Waals surface area contributed by atoms with E-state index in [1.807, 2.05) is 32.3 Å². The van der Waals surface area contributed by atoms with Crippen LogP contribution in [0.3, 0.4) is 0 Å². The van der Waals surface area contributed by atoms with Gasteiger partial charge in [-0.2, -0.15) is 10.4 Å². The van der Waals surface area contributed by atoms with Crippen LogP contribution in [0, 0.1) is 17.2 Å². The molecule has 3 aromatic heterocycles. The summed E-state index contributed by atoms with van der Waals surface area (Å²) in [5, 5.41) is 15.9.